The molecule has 0 saturated heterocycles. The van der Waals surface area contributed by atoms with Crippen LogP contribution in [0.3, 0.4) is 0 Å². The van der Waals surface area contributed by atoms with Gasteiger partial charge in [0.2, 0.25) is 0 Å². The van der Waals surface area contributed by atoms with Gasteiger partial charge in [-0.15, -0.1) is 0 Å². The predicted molar refractivity (Wildman–Crippen MR) is 117 cm³/mol. The average Bonchev–Trinajstić information content (AvgIpc) is 3.01. The highest BCUT2D eigenvalue weighted by Gasteiger charge is 2.40. The summed E-state index contributed by atoms with van der Waals surface area (Å²) in [5.41, 5.74) is 1.61. The molecule has 32 heavy (non-hydrogen) atoms. The van der Waals surface area contributed by atoms with Crippen LogP contribution in [-0.4, -0.2) is 25.9 Å². The van der Waals surface area contributed by atoms with E-state index in [0.717, 1.165) is 28.8 Å². The quantitative estimate of drug-likeness (QED) is 0.595. The second kappa shape index (κ2) is 8.22. The van der Waals surface area contributed by atoms with E-state index in [0.29, 0.717) is 11.3 Å². The van der Waals surface area contributed by atoms with Gasteiger partial charge >= 0.3 is 0 Å². The zero-order valence-corrected chi connectivity index (χ0v) is 17.2. The molecule has 0 saturated carbocycles. The van der Waals surface area contributed by atoms with Crippen LogP contribution >= 0.6 is 0 Å². The number of anilines is 3. The van der Waals surface area contributed by atoms with E-state index in [1.807, 2.05) is 31.1 Å². The van der Waals surface area contributed by atoms with E-state index in [9.17, 15) is 22.8 Å². The molecule has 0 aromatic heterocycles. The Morgan fingerprint density at radius 1 is 0.781 bits per heavy atom. The van der Waals surface area contributed by atoms with Crippen molar-refractivity contribution in [2.24, 2.45) is 0 Å². The lowest BCUT2D eigenvalue weighted by molar-refractivity contribution is -0.120. The number of hydrogen-bond acceptors (Lipinski definition) is 4. The second-order valence-electron chi connectivity index (χ2n) is 7.37. The van der Waals surface area contributed by atoms with E-state index in [4.69, 9.17) is 0 Å². The molecule has 1 aliphatic heterocycles. The SMILES string of the molecule is CN(C)c1ccc(NC2=C(c3ccc(F)cc3)C(=O)N(c3ccc(F)c(F)c3)C2=O)cc1. The van der Waals surface area contributed by atoms with Crippen molar-refractivity contribution in [1.82, 2.24) is 0 Å². The molecule has 0 atom stereocenters. The number of imide groups is 1. The Hall–Kier alpha value is -4.07. The molecule has 4 rings (SSSR count). The summed E-state index contributed by atoms with van der Waals surface area (Å²) in [6, 6.07) is 15.0. The number of halogens is 3. The maximum absolute atomic E-state index is 13.8. The normalized spacial score (nSPS) is 13.7. The van der Waals surface area contributed by atoms with Crippen molar-refractivity contribution in [2.75, 3.05) is 29.2 Å². The third-order valence-electron chi connectivity index (χ3n) is 5.03. The number of nitrogens with zero attached hydrogens (tertiary/aromatic N) is 2. The lowest BCUT2D eigenvalue weighted by Gasteiger charge is -2.16. The maximum atomic E-state index is 13.8. The van der Waals surface area contributed by atoms with Gasteiger partial charge in [0.1, 0.15) is 11.5 Å². The molecule has 5 nitrogen and oxygen atoms in total. The molecule has 0 unspecified atom stereocenters. The van der Waals surface area contributed by atoms with Gasteiger partial charge < -0.3 is 10.2 Å². The maximum Gasteiger partial charge on any atom is 0.282 e. The van der Waals surface area contributed by atoms with Crippen LogP contribution in [0.2, 0.25) is 0 Å². The highest BCUT2D eigenvalue weighted by Crippen LogP contribution is 2.34. The first-order valence-corrected chi connectivity index (χ1v) is 9.64. The number of benzene rings is 3. The fourth-order valence-electron chi connectivity index (χ4n) is 3.38. The molecule has 3 aromatic rings. The van der Waals surface area contributed by atoms with Crippen LogP contribution in [-0.2, 0) is 9.59 Å². The lowest BCUT2D eigenvalue weighted by atomic mass is 10.0. The topological polar surface area (TPSA) is 52.7 Å². The monoisotopic (exact) mass is 437 g/mol. The third-order valence-corrected chi connectivity index (χ3v) is 5.03. The molecule has 1 N–H and O–H groups in total. The standard InChI is InChI=1S/C24H18F3N3O2/c1-29(2)17-9-7-16(8-10-17)28-22-21(14-3-5-15(25)6-4-14)23(31)30(24(22)32)18-11-12-19(26)20(27)13-18/h3-13,28H,1-2H3. The van der Waals surface area contributed by atoms with E-state index in [2.05, 4.69) is 5.32 Å². The average molecular weight is 437 g/mol. The summed E-state index contributed by atoms with van der Waals surface area (Å²) in [6.07, 6.45) is 0. The van der Waals surface area contributed by atoms with Crippen molar-refractivity contribution >= 4 is 34.4 Å². The van der Waals surface area contributed by atoms with Crippen LogP contribution in [0.15, 0.2) is 72.4 Å². The van der Waals surface area contributed by atoms with Gasteiger partial charge in [-0.1, -0.05) is 12.1 Å². The van der Waals surface area contributed by atoms with Crippen molar-refractivity contribution in [2.45, 2.75) is 0 Å². The van der Waals surface area contributed by atoms with Crippen LogP contribution in [0.5, 0.6) is 0 Å². The predicted octanol–water partition coefficient (Wildman–Crippen LogP) is 4.57. The Labute approximate surface area is 182 Å². The minimum absolute atomic E-state index is 0.00332. The summed E-state index contributed by atoms with van der Waals surface area (Å²) in [5.74, 6) is -4.26. The van der Waals surface area contributed by atoms with Crippen LogP contribution < -0.4 is 15.1 Å². The number of nitrogens with one attached hydrogen (secondary N) is 1. The summed E-state index contributed by atoms with van der Waals surface area (Å²) >= 11 is 0. The number of carbonyl (C=O) groups is 2. The Morgan fingerprint density at radius 2 is 1.44 bits per heavy atom. The lowest BCUT2D eigenvalue weighted by Crippen LogP contribution is -2.32. The highest BCUT2D eigenvalue weighted by atomic mass is 19.2. The van der Waals surface area contributed by atoms with Crippen LogP contribution in [0.4, 0.5) is 30.2 Å². The summed E-state index contributed by atoms with van der Waals surface area (Å²) in [4.78, 5) is 29.1. The molecular weight excluding hydrogens is 419 g/mol. The molecule has 1 aliphatic rings. The van der Waals surface area contributed by atoms with Gasteiger partial charge in [0.15, 0.2) is 11.6 Å². The number of amides is 2. The Balaban J connectivity index is 1.78. The number of rotatable bonds is 5. The number of carbonyl (C=O) groups excluding carboxylic acids is 2. The van der Waals surface area contributed by atoms with Crippen molar-refractivity contribution in [3.8, 4) is 0 Å². The largest absolute Gasteiger partial charge is 0.378 e. The van der Waals surface area contributed by atoms with E-state index in [1.165, 1.54) is 24.3 Å². The summed E-state index contributed by atoms with van der Waals surface area (Å²) in [6.45, 7) is 0. The van der Waals surface area contributed by atoms with Gasteiger partial charge in [0.05, 0.1) is 11.3 Å². The van der Waals surface area contributed by atoms with Crippen LogP contribution in [0.25, 0.3) is 5.57 Å². The van der Waals surface area contributed by atoms with Gasteiger partial charge in [-0.25, -0.2) is 18.1 Å². The van der Waals surface area contributed by atoms with Crippen molar-refractivity contribution in [1.29, 1.82) is 0 Å². The van der Waals surface area contributed by atoms with Gasteiger partial charge in [-0.05, 0) is 54.1 Å². The van der Waals surface area contributed by atoms with Gasteiger partial charge in [0.25, 0.3) is 11.8 Å². The first-order valence-electron chi connectivity index (χ1n) is 9.64. The fourth-order valence-corrected chi connectivity index (χ4v) is 3.38. The molecule has 2 amide bonds. The molecule has 0 spiro atoms. The first-order chi connectivity index (χ1) is 15.3. The Bertz CT molecular complexity index is 1240. The zero-order chi connectivity index (χ0) is 23.0. The molecule has 0 radical (unpaired) electrons. The number of hydrogen-bond donors (Lipinski definition) is 1. The van der Waals surface area contributed by atoms with Gasteiger partial charge in [-0.3, -0.25) is 9.59 Å². The van der Waals surface area contributed by atoms with Gasteiger partial charge in [-0.2, -0.15) is 0 Å². The van der Waals surface area contributed by atoms with E-state index < -0.39 is 29.3 Å². The van der Waals surface area contributed by atoms with Crippen LogP contribution in [0.1, 0.15) is 5.56 Å². The first kappa shape index (κ1) is 21.2. The molecule has 1 heterocycles. The smallest absolute Gasteiger partial charge is 0.282 e. The van der Waals surface area contributed by atoms with E-state index in [1.54, 1.807) is 12.1 Å². The molecular formula is C24H18F3N3O2. The fraction of sp³-hybridized carbons (Fsp3) is 0.0833. The zero-order valence-electron chi connectivity index (χ0n) is 17.2. The van der Waals surface area contributed by atoms with E-state index in [-0.39, 0.29) is 17.0 Å². The molecule has 0 bridgehead atoms. The Kier molecular flexibility index (Phi) is 5.44. The van der Waals surface area contributed by atoms with Crippen LogP contribution in [0, 0.1) is 17.5 Å². The molecule has 3 aromatic carbocycles. The van der Waals surface area contributed by atoms with Crippen molar-refractivity contribution < 1.29 is 22.8 Å². The third kappa shape index (κ3) is 3.82. The van der Waals surface area contributed by atoms with Gasteiger partial charge in [0, 0.05) is 31.5 Å². The minimum atomic E-state index is -1.19. The second-order valence-corrected chi connectivity index (χ2v) is 7.37. The summed E-state index contributed by atoms with van der Waals surface area (Å²) in [5, 5.41) is 2.96. The highest BCUT2D eigenvalue weighted by molar-refractivity contribution is 6.46. The molecule has 162 valence electrons. The van der Waals surface area contributed by atoms with E-state index >= 15 is 0 Å². The summed E-state index contributed by atoms with van der Waals surface area (Å²) < 4.78 is 40.6. The molecule has 0 fully saturated rings. The Morgan fingerprint density at radius 3 is 2.03 bits per heavy atom. The molecule has 0 aliphatic carbocycles. The van der Waals surface area contributed by atoms with Crippen molar-refractivity contribution in [3.05, 3.63) is 95.4 Å². The van der Waals surface area contributed by atoms with Crippen molar-refractivity contribution in [3.63, 3.8) is 0 Å². The summed E-state index contributed by atoms with van der Waals surface area (Å²) in [7, 11) is 3.77. The minimum Gasteiger partial charge on any atom is -0.378 e. The molecule has 8 heteroatoms.